The molecule has 1 heterocycles. The third kappa shape index (κ3) is 9.14. The highest BCUT2D eigenvalue weighted by Gasteiger charge is 2.56. The number of aliphatic hydroxyl groups excluding tert-OH is 2. The van der Waals surface area contributed by atoms with E-state index in [1.165, 1.54) is 7.11 Å². The molecule has 3 aliphatic rings. The van der Waals surface area contributed by atoms with Gasteiger partial charge in [-0.25, -0.2) is 0 Å². The zero-order valence-electron chi connectivity index (χ0n) is 27.5. The van der Waals surface area contributed by atoms with Crippen LogP contribution in [0, 0.1) is 41.4 Å². The second-order valence-corrected chi connectivity index (χ2v) is 13.2. The van der Waals surface area contributed by atoms with Crippen molar-refractivity contribution in [2.75, 3.05) is 27.1 Å². The summed E-state index contributed by atoms with van der Waals surface area (Å²) in [5, 5.41) is 25.8. The molecule has 2 saturated carbocycles. The second-order valence-electron chi connectivity index (χ2n) is 13.2. The van der Waals surface area contributed by atoms with E-state index in [9.17, 15) is 24.6 Å². The van der Waals surface area contributed by atoms with Gasteiger partial charge in [0.2, 0.25) is 0 Å². The highest BCUT2D eigenvalue weighted by Crippen LogP contribution is 2.51. The zero-order chi connectivity index (χ0) is 33.2. The van der Waals surface area contributed by atoms with Crippen LogP contribution in [0.1, 0.15) is 71.3 Å². The van der Waals surface area contributed by atoms with Crippen LogP contribution in [0.2, 0.25) is 0 Å². The molecular weight excluding hydrogens is 594 g/mol. The first-order chi connectivity index (χ1) is 22.1. The summed E-state index contributed by atoms with van der Waals surface area (Å²) in [6.07, 6.45) is 0.0976. The van der Waals surface area contributed by atoms with Crippen molar-refractivity contribution in [3.63, 3.8) is 0 Å². The van der Waals surface area contributed by atoms with Crippen LogP contribution in [0.3, 0.4) is 0 Å². The lowest BCUT2D eigenvalue weighted by Gasteiger charge is -2.52. The van der Waals surface area contributed by atoms with Crippen molar-refractivity contribution >= 4 is 23.4 Å². The number of nitrogens with zero attached hydrogens (tertiary/aromatic N) is 1. The van der Waals surface area contributed by atoms with Gasteiger partial charge >= 0.3 is 11.9 Å². The number of hydrogen-bond donors (Lipinski definition) is 2. The Balaban J connectivity index is 1.48. The molecule has 9 unspecified atom stereocenters. The molecular formula is C35H51NO10. The molecule has 1 aromatic carbocycles. The van der Waals surface area contributed by atoms with Crippen LogP contribution in [0.25, 0.3) is 0 Å². The smallest absolute Gasteiger partial charge is 0.308 e. The Morgan fingerprint density at radius 2 is 1.80 bits per heavy atom. The number of hydrogen-bond acceptors (Lipinski definition) is 11. The summed E-state index contributed by atoms with van der Waals surface area (Å²) in [6, 6.07) is 9.28. The predicted octanol–water partition coefficient (Wildman–Crippen LogP) is 4.07. The predicted molar refractivity (Wildman–Crippen MR) is 168 cm³/mol. The molecule has 0 amide bonds. The zero-order valence-corrected chi connectivity index (χ0v) is 27.5. The Kier molecular flexibility index (Phi) is 13.6. The number of aliphatic hydroxyl groups is 2. The molecule has 0 spiro atoms. The van der Waals surface area contributed by atoms with E-state index in [2.05, 4.69) is 5.16 Å². The number of carbonyl (C=O) groups excluding carboxylic acids is 3. The van der Waals surface area contributed by atoms with Gasteiger partial charge in [-0.15, -0.1) is 0 Å². The van der Waals surface area contributed by atoms with E-state index in [0.717, 1.165) is 5.56 Å². The fourth-order valence-corrected chi connectivity index (χ4v) is 7.49. The maximum atomic E-state index is 13.9. The molecule has 2 aliphatic carbocycles. The number of oxime groups is 1. The molecule has 3 fully saturated rings. The summed E-state index contributed by atoms with van der Waals surface area (Å²) in [5.74, 6) is -2.38. The van der Waals surface area contributed by atoms with Gasteiger partial charge in [-0.2, -0.15) is 0 Å². The molecule has 0 radical (unpaired) electrons. The largest absolute Gasteiger partial charge is 0.462 e. The number of esters is 2. The van der Waals surface area contributed by atoms with Crippen molar-refractivity contribution in [2.45, 2.75) is 90.6 Å². The Morgan fingerprint density at radius 1 is 1.09 bits per heavy atom. The molecule has 11 heteroatoms. The maximum Gasteiger partial charge on any atom is 0.308 e. The van der Waals surface area contributed by atoms with E-state index in [-0.39, 0.29) is 73.5 Å². The highest BCUT2D eigenvalue weighted by atomic mass is 16.7. The van der Waals surface area contributed by atoms with Gasteiger partial charge in [0.25, 0.3) is 0 Å². The summed E-state index contributed by atoms with van der Waals surface area (Å²) in [5.41, 5.74) is 1.21. The SMILES string of the molecule is CCC(C)C(=O)OC1CCC(C2COCOC2)C2C(=NOC)C(=O)C(C)C(CCC(O)CC(O)CC(=O)OCc3ccccc3)C12. The lowest BCUT2D eigenvalue weighted by Crippen LogP contribution is -2.58. The molecule has 9 atom stereocenters. The minimum absolute atomic E-state index is 0.00495. The quantitative estimate of drug-likeness (QED) is 0.224. The molecule has 256 valence electrons. The van der Waals surface area contributed by atoms with E-state index >= 15 is 0 Å². The first-order valence-corrected chi connectivity index (χ1v) is 16.7. The van der Waals surface area contributed by atoms with Crippen LogP contribution in [0.5, 0.6) is 0 Å². The van der Waals surface area contributed by atoms with Crippen molar-refractivity contribution in [1.82, 2.24) is 0 Å². The molecule has 0 bridgehead atoms. The minimum atomic E-state index is -1.08. The van der Waals surface area contributed by atoms with Crippen molar-refractivity contribution < 1.29 is 48.4 Å². The number of ketones is 1. The maximum absolute atomic E-state index is 13.9. The van der Waals surface area contributed by atoms with Gasteiger partial charge in [0, 0.05) is 23.7 Å². The van der Waals surface area contributed by atoms with E-state index in [1.54, 1.807) is 0 Å². The monoisotopic (exact) mass is 645 g/mol. The minimum Gasteiger partial charge on any atom is -0.462 e. The first kappa shape index (κ1) is 36.0. The lowest BCUT2D eigenvalue weighted by molar-refractivity contribution is -0.174. The molecule has 1 aliphatic heterocycles. The van der Waals surface area contributed by atoms with Gasteiger partial charge in [0.1, 0.15) is 32.3 Å². The summed E-state index contributed by atoms with van der Waals surface area (Å²) < 4.78 is 22.8. The van der Waals surface area contributed by atoms with E-state index in [1.807, 2.05) is 51.1 Å². The van der Waals surface area contributed by atoms with Crippen molar-refractivity contribution in [2.24, 2.45) is 46.6 Å². The summed E-state index contributed by atoms with van der Waals surface area (Å²) in [6.45, 7) is 7.02. The van der Waals surface area contributed by atoms with E-state index in [4.69, 9.17) is 23.8 Å². The Hall–Kier alpha value is -2.86. The Bertz CT molecular complexity index is 1170. The number of fused-ring (bicyclic) bond motifs is 1. The number of Topliss-reactive ketones (excluding diaryl/α,β-unsaturated/α-hetero) is 1. The van der Waals surface area contributed by atoms with Crippen LogP contribution < -0.4 is 0 Å². The van der Waals surface area contributed by atoms with Crippen LogP contribution in [-0.2, 0) is 44.8 Å². The average molecular weight is 646 g/mol. The fourth-order valence-electron chi connectivity index (χ4n) is 7.49. The molecule has 1 saturated heterocycles. The number of carbonyl (C=O) groups is 3. The molecule has 4 rings (SSSR count). The number of benzene rings is 1. The van der Waals surface area contributed by atoms with Crippen LogP contribution >= 0.6 is 0 Å². The first-order valence-electron chi connectivity index (χ1n) is 16.7. The standard InChI is InChI=1S/C35H51NO10/c1-5-21(2)35(41)46-29-14-13-28(24-18-43-20-44-19-24)32-31(29)27(22(3)34(40)33(32)36-42-4)12-11-25(37)15-26(38)16-30(39)45-17-23-9-7-6-8-10-23/h6-10,21-22,24-29,31-32,37-38H,5,11-20H2,1-4H3. The number of ether oxygens (including phenoxy) is 4. The summed E-state index contributed by atoms with van der Waals surface area (Å²) in [7, 11) is 1.43. The highest BCUT2D eigenvalue weighted by molar-refractivity contribution is 6.42. The number of rotatable bonds is 14. The van der Waals surface area contributed by atoms with Gasteiger partial charge in [-0.3, -0.25) is 14.4 Å². The van der Waals surface area contributed by atoms with Gasteiger partial charge in [0.05, 0.1) is 37.8 Å². The third-order valence-electron chi connectivity index (χ3n) is 10.1. The summed E-state index contributed by atoms with van der Waals surface area (Å²) >= 11 is 0. The summed E-state index contributed by atoms with van der Waals surface area (Å²) in [4.78, 5) is 44.4. The molecule has 1 aromatic rings. The van der Waals surface area contributed by atoms with Crippen LogP contribution in [0.4, 0.5) is 0 Å². The van der Waals surface area contributed by atoms with Gasteiger partial charge in [0.15, 0.2) is 5.78 Å². The molecule has 2 N–H and O–H groups in total. The van der Waals surface area contributed by atoms with Crippen LogP contribution in [-0.4, -0.2) is 79.1 Å². The average Bonchev–Trinajstić information content (AvgIpc) is 3.06. The normalized spacial score (nSPS) is 29.8. The van der Waals surface area contributed by atoms with Crippen molar-refractivity contribution in [3.8, 4) is 0 Å². The Morgan fingerprint density at radius 3 is 2.48 bits per heavy atom. The third-order valence-corrected chi connectivity index (χ3v) is 10.1. The second kappa shape index (κ2) is 17.3. The topological polar surface area (TPSA) is 150 Å². The molecule has 0 aromatic heterocycles. The Labute approximate surface area is 271 Å². The van der Waals surface area contributed by atoms with Gasteiger partial charge < -0.3 is 34.0 Å². The van der Waals surface area contributed by atoms with Gasteiger partial charge in [-0.1, -0.05) is 56.3 Å². The van der Waals surface area contributed by atoms with Crippen LogP contribution in [0.15, 0.2) is 35.5 Å². The van der Waals surface area contributed by atoms with E-state index < -0.39 is 30.2 Å². The fraction of sp³-hybridized carbons (Fsp3) is 0.714. The molecule has 11 nitrogen and oxygen atoms in total. The molecule has 46 heavy (non-hydrogen) atoms. The van der Waals surface area contributed by atoms with E-state index in [0.29, 0.717) is 51.0 Å². The van der Waals surface area contributed by atoms with Crippen molar-refractivity contribution in [3.05, 3.63) is 35.9 Å². The van der Waals surface area contributed by atoms with Gasteiger partial charge in [-0.05, 0) is 55.9 Å². The van der Waals surface area contributed by atoms with Crippen molar-refractivity contribution in [1.29, 1.82) is 0 Å². The lowest BCUT2D eigenvalue weighted by atomic mass is 9.53.